The fraction of sp³-hybridized carbons (Fsp3) is 0.458. The van der Waals surface area contributed by atoms with Gasteiger partial charge in [0.25, 0.3) is 15.9 Å². The predicted molar refractivity (Wildman–Crippen MR) is 128 cm³/mol. The van der Waals surface area contributed by atoms with E-state index in [1.54, 1.807) is 17.0 Å². The van der Waals surface area contributed by atoms with Gasteiger partial charge in [-0.05, 0) is 48.1 Å². The van der Waals surface area contributed by atoms with Crippen molar-refractivity contribution in [3.8, 4) is 0 Å². The number of sulfonamides is 1. The van der Waals surface area contributed by atoms with Gasteiger partial charge in [-0.3, -0.25) is 9.59 Å². The van der Waals surface area contributed by atoms with Gasteiger partial charge >= 0.3 is 5.97 Å². The van der Waals surface area contributed by atoms with Gasteiger partial charge in [0.05, 0.1) is 4.90 Å². The smallest absolute Gasteiger partial charge is 0.352 e. The Kier molecular flexibility index (Phi) is 9.03. The van der Waals surface area contributed by atoms with Crippen molar-refractivity contribution in [2.45, 2.75) is 51.9 Å². The highest BCUT2D eigenvalue weighted by molar-refractivity contribution is 7.90. The average Bonchev–Trinajstić information content (AvgIpc) is 2.72. The monoisotopic (exact) mass is 491 g/mol. The molecule has 1 aliphatic heterocycles. The zero-order valence-electron chi connectivity index (χ0n) is 20.1. The number of benzene rings is 1. The fourth-order valence-corrected chi connectivity index (χ4v) is 4.43. The summed E-state index contributed by atoms with van der Waals surface area (Å²) in [5.41, 5.74) is 0.814. The van der Waals surface area contributed by atoms with E-state index in [1.165, 1.54) is 24.3 Å². The molecule has 0 aromatic heterocycles. The fourth-order valence-electron chi connectivity index (χ4n) is 3.44. The van der Waals surface area contributed by atoms with Crippen LogP contribution in [-0.4, -0.2) is 55.8 Å². The maximum Gasteiger partial charge on any atom is 0.352 e. The van der Waals surface area contributed by atoms with Crippen LogP contribution in [0.4, 0.5) is 0 Å². The summed E-state index contributed by atoms with van der Waals surface area (Å²) >= 11 is 0. The van der Waals surface area contributed by atoms with Crippen LogP contribution in [0.25, 0.3) is 0 Å². The third kappa shape index (κ3) is 8.02. The minimum atomic E-state index is -4.11. The lowest BCUT2D eigenvalue weighted by molar-refractivity contribution is -0.134. The van der Waals surface area contributed by atoms with Crippen molar-refractivity contribution in [2.24, 2.45) is 5.41 Å². The Morgan fingerprint density at radius 3 is 2.29 bits per heavy atom. The van der Waals surface area contributed by atoms with Crippen molar-refractivity contribution in [1.29, 1.82) is 0 Å². The van der Waals surface area contributed by atoms with Crippen LogP contribution in [0.2, 0.25) is 0 Å². The molecule has 0 unspecified atom stereocenters. The molecule has 2 amide bonds. The molecule has 0 saturated carbocycles. The van der Waals surface area contributed by atoms with E-state index < -0.39 is 21.9 Å². The molecule has 9 nitrogen and oxygen atoms in total. The molecule has 0 fully saturated rings. The van der Waals surface area contributed by atoms with Crippen LogP contribution < -0.4 is 10.0 Å². The van der Waals surface area contributed by atoms with Crippen LogP contribution in [0, 0.1) is 5.41 Å². The first kappa shape index (κ1) is 27.1. The molecule has 1 aromatic carbocycles. The molecule has 10 heteroatoms. The second-order valence-corrected chi connectivity index (χ2v) is 11.1. The summed E-state index contributed by atoms with van der Waals surface area (Å²) in [4.78, 5) is 37.2. The Labute approximate surface area is 201 Å². The first-order valence-corrected chi connectivity index (χ1v) is 12.6. The topological polar surface area (TPSA) is 133 Å². The maximum absolute atomic E-state index is 12.7. The average molecular weight is 492 g/mol. The molecule has 0 aliphatic carbocycles. The lowest BCUT2D eigenvalue weighted by Gasteiger charge is -2.34. The number of carboxylic acid groups (broad SMARTS) is 1. The number of nitrogens with zero attached hydrogens (tertiary/aromatic N) is 1. The molecule has 1 heterocycles. The van der Waals surface area contributed by atoms with Gasteiger partial charge in [0.15, 0.2) is 0 Å². The third-order valence-corrected chi connectivity index (χ3v) is 6.34. The zero-order valence-corrected chi connectivity index (χ0v) is 20.9. The number of rotatable bonds is 10. The van der Waals surface area contributed by atoms with Gasteiger partial charge in [-0.25, -0.2) is 17.9 Å². The molecule has 0 saturated heterocycles. The molecule has 0 bridgehead atoms. The molecule has 0 spiro atoms. The van der Waals surface area contributed by atoms with Crippen molar-refractivity contribution in [3.05, 3.63) is 53.3 Å². The Balaban J connectivity index is 2.06. The van der Waals surface area contributed by atoms with E-state index in [-0.39, 0.29) is 34.0 Å². The first-order valence-electron chi connectivity index (χ1n) is 11.1. The quantitative estimate of drug-likeness (QED) is 0.457. The molecule has 1 aromatic rings. The number of carboxylic acids is 1. The molecule has 1 aliphatic rings. The maximum atomic E-state index is 12.7. The highest BCUT2D eigenvalue weighted by Crippen LogP contribution is 2.23. The predicted octanol–water partition coefficient (Wildman–Crippen LogP) is 2.21. The van der Waals surface area contributed by atoms with Crippen molar-refractivity contribution < 1.29 is 27.9 Å². The molecule has 186 valence electrons. The van der Waals surface area contributed by atoms with Crippen molar-refractivity contribution >= 4 is 27.8 Å². The summed E-state index contributed by atoms with van der Waals surface area (Å²) in [7, 11) is -4.11. The summed E-state index contributed by atoms with van der Waals surface area (Å²) in [5.74, 6) is -1.94. The van der Waals surface area contributed by atoms with E-state index in [9.17, 15) is 27.9 Å². The summed E-state index contributed by atoms with van der Waals surface area (Å²) in [6, 6.07) is 6.08. The lowest BCUT2D eigenvalue weighted by atomic mass is 9.94. The Morgan fingerprint density at radius 2 is 1.74 bits per heavy atom. The Hall–Kier alpha value is -3.14. The van der Waals surface area contributed by atoms with Crippen LogP contribution in [0.3, 0.4) is 0 Å². The van der Waals surface area contributed by atoms with E-state index in [2.05, 4.69) is 10.0 Å². The van der Waals surface area contributed by atoms with Crippen LogP contribution in [0.5, 0.6) is 0 Å². The largest absolute Gasteiger partial charge is 0.477 e. The minimum Gasteiger partial charge on any atom is -0.477 e. The highest BCUT2D eigenvalue weighted by Gasteiger charge is 2.29. The molecule has 3 N–H and O–H groups in total. The molecular weight excluding hydrogens is 458 g/mol. The molecular formula is C24H33N3O6S. The van der Waals surface area contributed by atoms with Crippen molar-refractivity contribution in [1.82, 2.24) is 14.9 Å². The number of carbonyl (C=O) groups excluding carboxylic acids is 2. The van der Waals surface area contributed by atoms with Gasteiger partial charge in [-0.1, -0.05) is 39.8 Å². The van der Waals surface area contributed by atoms with Gasteiger partial charge in [0, 0.05) is 31.6 Å². The summed E-state index contributed by atoms with van der Waals surface area (Å²) in [6.45, 7) is 8.57. The number of nitrogens with one attached hydrogen (secondary N) is 2. The molecule has 34 heavy (non-hydrogen) atoms. The van der Waals surface area contributed by atoms with Gasteiger partial charge in [0.2, 0.25) is 5.91 Å². The van der Waals surface area contributed by atoms with E-state index in [0.717, 1.165) is 12.0 Å². The van der Waals surface area contributed by atoms with Gasteiger partial charge < -0.3 is 15.3 Å². The van der Waals surface area contributed by atoms with Crippen molar-refractivity contribution in [3.63, 3.8) is 0 Å². The Morgan fingerprint density at radius 1 is 1.09 bits per heavy atom. The third-order valence-electron chi connectivity index (χ3n) is 4.99. The normalized spacial score (nSPS) is 14.2. The van der Waals surface area contributed by atoms with Crippen LogP contribution >= 0.6 is 0 Å². The molecule has 0 radical (unpaired) electrons. The van der Waals surface area contributed by atoms with E-state index >= 15 is 0 Å². The number of carbonyl (C=O) groups is 3. The summed E-state index contributed by atoms with van der Waals surface area (Å²) in [5, 5.41) is 12.2. The Bertz CT molecular complexity index is 1080. The minimum absolute atomic E-state index is 0.0144. The van der Waals surface area contributed by atoms with E-state index in [4.69, 9.17) is 0 Å². The number of hydrogen-bond donors (Lipinski definition) is 3. The van der Waals surface area contributed by atoms with Crippen LogP contribution in [0.15, 0.2) is 52.6 Å². The number of hydrogen-bond acceptors (Lipinski definition) is 6. The van der Waals surface area contributed by atoms with Gasteiger partial charge in [-0.2, -0.15) is 0 Å². The van der Waals surface area contributed by atoms with E-state index in [1.807, 2.05) is 27.7 Å². The molecule has 0 atom stereocenters. The number of allylic oxidation sites excluding steroid dienone is 2. The molecule has 2 rings (SSSR count). The lowest BCUT2D eigenvalue weighted by Crippen LogP contribution is -2.41. The second-order valence-electron chi connectivity index (χ2n) is 9.39. The second kappa shape index (κ2) is 11.3. The van der Waals surface area contributed by atoms with E-state index in [0.29, 0.717) is 25.9 Å². The zero-order chi connectivity index (χ0) is 25.5. The van der Waals surface area contributed by atoms with Crippen molar-refractivity contribution in [2.75, 3.05) is 19.6 Å². The van der Waals surface area contributed by atoms with Crippen LogP contribution in [0.1, 0.15) is 46.1 Å². The standard InChI is InChI=1S/C24H33N3O6S/c1-5-6-21(28)25-14-13-17-7-10-19(11-8-17)34(32,33)26-22(29)18-9-12-20(23(30)31)27(15-18)16-24(2,3)4/h7-12H,5-6,13-16H2,1-4H3,(H,25,28)(H,26,29)(H,30,31). The highest BCUT2D eigenvalue weighted by atomic mass is 32.2. The summed E-state index contributed by atoms with van der Waals surface area (Å²) < 4.78 is 27.5. The number of amides is 2. The number of aliphatic carboxylic acids is 1. The SMILES string of the molecule is CCCC(=O)NCCc1ccc(S(=O)(=O)NC(=O)C2=CC=C(C(=O)O)N(CC(C)(C)C)C2)cc1. The van der Waals surface area contributed by atoms with Crippen LogP contribution in [-0.2, 0) is 30.8 Å². The first-order chi connectivity index (χ1) is 15.8. The van der Waals surface area contributed by atoms with Gasteiger partial charge in [0.1, 0.15) is 5.70 Å². The summed E-state index contributed by atoms with van der Waals surface area (Å²) in [6.07, 6.45) is 4.44. The van der Waals surface area contributed by atoms with Gasteiger partial charge in [-0.15, -0.1) is 0 Å².